The maximum absolute atomic E-state index is 13.4. The van der Waals surface area contributed by atoms with Gasteiger partial charge in [-0.3, -0.25) is 24.3 Å². The lowest BCUT2D eigenvalue weighted by Gasteiger charge is -2.35. The van der Waals surface area contributed by atoms with E-state index in [1.54, 1.807) is 18.3 Å². The Morgan fingerprint density at radius 3 is 2.59 bits per heavy atom. The van der Waals surface area contributed by atoms with E-state index in [-0.39, 0.29) is 38.0 Å². The molecule has 3 heterocycles. The molecular formula is C31H38N2O8. The summed E-state index contributed by atoms with van der Waals surface area (Å²) in [5.41, 5.74) is 2.95. The van der Waals surface area contributed by atoms with Crippen LogP contribution in [0, 0.1) is 17.8 Å². The van der Waals surface area contributed by atoms with Crippen LogP contribution in [0.15, 0.2) is 52.1 Å². The fraction of sp³-hybridized carbons (Fsp3) is 0.484. The number of fused-ring (bicyclic) bond motifs is 1. The molecule has 2 aromatic rings. The number of likely N-dealkylation sites (tertiary alicyclic amines) is 1. The number of pyridine rings is 1. The van der Waals surface area contributed by atoms with Gasteiger partial charge in [0.1, 0.15) is 18.1 Å². The number of hydrogen-bond acceptors (Lipinski definition) is 8. The number of hydrogen-bond donors (Lipinski definition) is 4. The summed E-state index contributed by atoms with van der Waals surface area (Å²) in [6, 6.07) is 8.98. The number of aromatic nitrogens is 1. The molecule has 10 heteroatoms. The number of unbranched alkanes of at least 4 members (excludes halogenated alkanes) is 2. The maximum atomic E-state index is 13.4. The second-order valence-electron chi connectivity index (χ2n) is 10.8. The second kappa shape index (κ2) is 13.8. The number of carboxylic acid groups (broad SMARTS) is 1. The van der Waals surface area contributed by atoms with Crippen molar-refractivity contribution < 1.29 is 39.2 Å². The number of aliphatic hydroxyl groups excluding tert-OH is 3. The molecule has 220 valence electrons. The van der Waals surface area contributed by atoms with Crippen LogP contribution in [0.5, 0.6) is 0 Å². The highest BCUT2D eigenvalue weighted by Crippen LogP contribution is 2.46. The number of imide groups is 1. The van der Waals surface area contributed by atoms with E-state index in [9.17, 15) is 29.7 Å². The molecule has 1 fully saturated rings. The molecule has 0 unspecified atom stereocenters. The van der Waals surface area contributed by atoms with Crippen LogP contribution in [-0.2, 0) is 21.0 Å². The summed E-state index contributed by atoms with van der Waals surface area (Å²) in [4.78, 5) is 43.0. The van der Waals surface area contributed by atoms with Crippen molar-refractivity contribution in [1.82, 2.24) is 9.88 Å². The highest BCUT2D eigenvalue weighted by atomic mass is 16.4. The van der Waals surface area contributed by atoms with Crippen molar-refractivity contribution in [2.24, 2.45) is 17.8 Å². The third-order valence-electron chi connectivity index (χ3n) is 8.08. The topological polar surface area (TPSA) is 161 Å². The van der Waals surface area contributed by atoms with Gasteiger partial charge in [0, 0.05) is 25.1 Å². The van der Waals surface area contributed by atoms with Gasteiger partial charge in [0.05, 0.1) is 30.2 Å². The van der Waals surface area contributed by atoms with Crippen molar-refractivity contribution in [3.8, 4) is 0 Å². The molecule has 41 heavy (non-hydrogen) atoms. The number of allylic oxidation sites excluding steroid dienone is 2. The quantitative estimate of drug-likeness (QED) is 0.152. The van der Waals surface area contributed by atoms with Crippen molar-refractivity contribution in [1.29, 1.82) is 0 Å². The fourth-order valence-corrected chi connectivity index (χ4v) is 6.13. The summed E-state index contributed by atoms with van der Waals surface area (Å²) in [6.07, 6.45) is 5.25. The minimum absolute atomic E-state index is 0.0482. The number of carbonyl (C=O) groups excluding carboxylic acids is 2. The Kier molecular flexibility index (Phi) is 10.3. The largest absolute Gasteiger partial charge is 0.481 e. The monoisotopic (exact) mass is 566 g/mol. The lowest BCUT2D eigenvalue weighted by Crippen LogP contribution is -2.39. The Morgan fingerprint density at radius 1 is 1.12 bits per heavy atom. The summed E-state index contributed by atoms with van der Waals surface area (Å²) in [6.45, 7) is 1.49. The van der Waals surface area contributed by atoms with E-state index in [0.717, 1.165) is 11.1 Å². The van der Waals surface area contributed by atoms with E-state index in [2.05, 4.69) is 4.98 Å². The van der Waals surface area contributed by atoms with Gasteiger partial charge in [0.2, 0.25) is 11.8 Å². The van der Waals surface area contributed by atoms with E-state index in [0.29, 0.717) is 61.3 Å². The zero-order chi connectivity index (χ0) is 29.5. The SMILES string of the molecule is CC1=C([C@H](O)CC/C(=C/c2ccc(CO)o2)c2ccccn2)[C@H](CO)[C@@H]2C(=O)N(CCCCCC(=O)O)C(=O)[C@@H]2C1. The first-order valence-corrected chi connectivity index (χ1v) is 14.1. The van der Waals surface area contributed by atoms with E-state index < -0.39 is 29.8 Å². The van der Waals surface area contributed by atoms with Crippen molar-refractivity contribution in [2.45, 2.75) is 64.6 Å². The van der Waals surface area contributed by atoms with Gasteiger partial charge in [-0.1, -0.05) is 18.1 Å². The van der Waals surface area contributed by atoms with Crippen LogP contribution >= 0.6 is 0 Å². The number of rotatable bonds is 14. The molecule has 0 spiro atoms. The molecule has 2 aliphatic rings. The third-order valence-corrected chi connectivity index (χ3v) is 8.08. The molecule has 2 amide bonds. The molecule has 1 aliphatic carbocycles. The van der Waals surface area contributed by atoms with E-state index in [1.807, 2.05) is 31.2 Å². The highest BCUT2D eigenvalue weighted by Gasteiger charge is 2.54. The summed E-state index contributed by atoms with van der Waals surface area (Å²) in [5, 5.41) is 40.0. The van der Waals surface area contributed by atoms with Gasteiger partial charge < -0.3 is 24.8 Å². The summed E-state index contributed by atoms with van der Waals surface area (Å²) < 4.78 is 5.63. The van der Waals surface area contributed by atoms with Crippen LogP contribution in [0.2, 0.25) is 0 Å². The Labute approximate surface area is 239 Å². The van der Waals surface area contributed by atoms with Crippen molar-refractivity contribution >= 4 is 29.4 Å². The highest BCUT2D eigenvalue weighted by molar-refractivity contribution is 6.05. The molecule has 0 saturated carbocycles. The minimum atomic E-state index is -0.946. The van der Waals surface area contributed by atoms with Crippen LogP contribution in [0.4, 0.5) is 0 Å². The Morgan fingerprint density at radius 2 is 1.93 bits per heavy atom. The molecule has 4 rings (SSSR count). The lowest BCUT2D eigenvalue weighted by atomic mass is 9.68. The first kappa shape index (κ1) is 30.4. The normalized spacial score (nSPS) is 21.9. The molecule has 0 aromatic carbocycles. The van der Waals surface area contributed by atoms with Gasteiger partial charge in [-0.15, -0.1) is 0 Å². The number of aliphatic carboxylic acids is 1. The number of nitrogens with zero attached hydrogens (tertiary/aromatic N) is 2. The molecule has 1 saturated heterocycles. The van der Waals surface area contributed by atoms with Gasteiger partial charge in [-0.25, -0.2) is 0 Å². The molecule has 0 radical (unpaired) electrons. The standard InChI is InChI=1S/C31H38N2O8/c1-19-15-23-29(31(40)33(30(23)39)14-6-2-3-8-27(37)38)24(18-35)28(19)26(36)12-9-20(25-7-4-5-13-32-25)16-21-10-11-22(17-34)41-21/h4-5,7,10-11,13,16,23-24,26,29,34-36H,2-3,6,8-9,12,14-15,17-18H2,1H3,(H,37,38)/b20-16-/t23-,24+,26-,29-/m1/s1. The van der Waals surface area contributed by atoms with E-state index >= 15 is 0 Å². The van der Waals surface area contributed by atoms with Gasteiger partial charge >= 0.3 is 5.97 Å². The van der Waals surface area contributed by atoms with Gasteiger partial charge in [-0.2, -0.15) is 0 Å². The van der Waals surface area contributed by atoms with Crippen molar-refractivity contribution in [2.75, 3.05) is 13.2 Å². The smallest absolute Gasteiger partial charge is 0.303 e. The number of furan rings is 1. The average Bonchev–Trinajstić information content (AvgIpc) is 3.52. The van der Waals surface area contributed by atoms with E-state index in [1.165, 1.54) is 4.90 Å². The first-order chi connectivity index (χ1) is 19.7. The maximum Gasteiger partial charge on any atom is 0.303 e. The Balaban J connectivity index is 1.48. The van der Waals surface area contributed by atoms with Crippen molar-refractivity contribution in [3.63, 3.8) is 0 Å². The number of carboxylic acids is 1. The van der Waals surface area contributed by atoms with Crippen LogP contribution in [0.1, 0.15) is 69.1 Å². The number of carbonyl (C=O) groups is 3. The Hall–Kier alpha value is -3.60. The van der Waals surface area contributed by atoms with Crippen LogP contribution in [0.3, 0.4) is 0 Å². The predicted molar refractivity (Wildman–Crippen MR) is 150 cm³/mol. The summed E-state index contributed by atoms with van der Waals surface area (Å²) in [7, 11) is 0. The van der Waals surface area contributed by atoms with Gasteiger partial charge in [0.25, 0.3) is 0 Å². The minimum Gasteiger partial charge on any atom is -0.481 e. The average molecular weight is 567 g/mol. The second-order valence-corrected chi connectivity index (χ2v) is 10.8. The molecule has 4 N–H and O–H groups in total. The van der Waals surface area contributed by atoms with Crippen molar-refractivity contribution in [3.05, 3.63) is 64.9 Å². The number of aliphatic hydroxyl groups is 3. The van der Waals surface area contributed by atoms with Gasteiger partial charge in [-0.05, 0) is 80.5 Å². The zero-order valence-corrected chi connectivity index (χ0v) is 23.2. The van der Waals surface area contributed by atoms with Gasteiger partial charge in [0.15, 0.2) is 0 Å². The molecule has 2 aromatic heterocycles. The predicted octanol–water partition coefficient (Wildman–Crippen LogP) is 3.42. The van der Waals surface area contributed by atoms with Crippen LogP contribution in [0.25, 0.3) is 11.6 Å². The van der Waals surface area contributed by atoms with Crippen LogP contribution in [-0.4, -0.2) is 67.3 Å². The molecule has 4 atom stereocenters. The summed E-state index contributed by atoms with van der Waals surface area (Å²) in [5.74, 6) is -2.45. The van der Waals surface area contributed by atoms with Crippen LogP contribution < -0.4 is 0 Å². The zero-order valence-electron chi connectivity index (χ0n) is 23.2. The number of amides is 2. The Bertz CT molecular complexity index is 1300. The summed E-state index contributed by atoms with van der Waals surface area (Å²) >= 11 is 0. The third kappa shape index (κ3) is 7.01. The first-order valence-electron chi connectivity index (χ1n) is 14.1. The molecule has 0 bridgehead atoms. The molecule has 1 aliphatic heterocycles. The van der Waals surface area contributed by atoms with E-state index in [4.69, 9.17) is 9.52 Å². The molecular weight excluding hydrogens is 528 g/mol. The fourth-order valence-electron chi connectivity index (χ4n) is 6.13. The molecule has 10 nitrogen and oxygen atoms in total. The lowest BCUT2D eigenvalue weighted by molar-refractivity contribution is -0.141.